The van der Waals surface area contributed by atoms with E-state index in [9.17, 15) is 4.79 Å². The summed E-state index contributed by atoms with van der Waals surface area (Å²) in [6.45, 7) is 1.62. The van der Waals surface area contributed by atoms with Crippen molar-refractivity contribution in [2.45, 2.75) is 12.6 Å². The van der Waals surface area contributed by atoms with Crippen molar-refractivity contribution in [3.05, 3.63) is 57.5 Å². The maximum absolute atomic E-state index is 12.5. The SMILES string of the molecule is O=C(c1cc(Br)ccc1Cl)N1CC(n2cc(Cn3nccn3)nn2)C1. The van der Waals surface area contributed by atoms with Gasteiger partial charge in [-0.25, -0.2) is 4.68 Å². The van der Waals surface area contributed by atoms with Gasteiger partial charge in [0.05, 0.1) is 35.2 Å². The van der Waals surface area contributed by atoms with Crippen molar-refractivity contribution in [3.63, 3.8) is 0 Å². The largest absolute Gasteiger partial charge is 0.334 e. The first-order chi connectivity index (χ1) is 12.1. The smallest absolute Gasteiger partial charge is 0.255 e. The van der Waals surface area contributed by atoms with Crippen LogP contribution in [0.3, 0.4) is 0 Å². The molecule has 3 aromatic rings. The molecule has 1 aliphatic heterocycles. The van der Waals surface area contributed by atoms with Crippen molar-refractivity contribution in [2.75, 3.05) is 13.1 Å². The van der Waals surface area contributed by atoms with Crippen LogP contribution in [-0.2, 0) is 6.54 Å². The van der Waals surface area contributed by atoms with Crippen molar-refractivity contribution in [1.29, 1.82) is 0 Å². The summed E-state index contributed by atoms with van der Waals surface area (Å²) >= 11 is 9.50. The van der Waals surface area contributed by atoms with Crippen molar-refractivity contribution in [2.24, 2.45) is 0 Å². The zero-order valence-electron chi connectivity index (χ0n) is 13.0. The average molecular weight is 423 g/mol. The molecular formula is C15H13BrClN7O. The lowest BCUT2D eigenvalue weighted by atomic mass is 10.1. The van der Waals surface area contributed by atoms with Crippen LogP contribution < -0.4 is 0 Å². The van der Waals surface area contributed by atoms with E-state index in [1.165, 1.54) is 0 Å². The monoisotopic (exact) mass is 421 g/mol. The fraction of sp³-hybridized carbons (Fsp3) is 0.267. The van der Waals surface area contributed by atoms with Crippen LogP contribution in [-0.4, -0.2) is 53.9 Å². The van der Waals surface area contributed by atoms with Crippen LogP contribution in [0.5, 0.6) is 0 Å². The number of halogens is 2. The highest BCUT2D eigenvalue weighted by atomic mass is 79.9. The first-order valence-electron chi connectivity index (χ1n) is 7.59. The van der Waals surface area contributed by atoms with Crippen LogP contribution in [0.1, 0.15) is 22.1 Å². The number of hydrogen-bond donors (Lipinski definition) is 0. The molecule has 1 fully saturated rings. The summed E-state index contributed by atoms with van der Waals surface area (Å²) < 4.78 is 2.61. The summed E-state index contributed by atoms with van der Waals surface area (Å²) in [4.78, 5) is 15.8. The van der Waals surface area contributed by atoms with Gasteiger partial charge in [-0.2, -0.15) is 15.0 Å². The molecule has 1 aliphatic rings. The minimum atomic E-state index is -0.0800. The summed E-state index contributed by atoms with van der Waals surface area (Å²) in [5.41, 5.74) is 1.27. The first kappa shape index (κ1) is 16.2. The van der Waals surface area contributed by atoms with Crippen molar-refractivity contribution in [1.82, 2.24) is 34.9 Å². The molecule has 1 saturated heterocycles. The lowest BCUT2D eigenvalue weighted by Crippen LogP contribution is -2.51. The summed E-state index contributed by atoms with van der Waals surface area (Å²) in [6.07, 6.45) is 5.10. The molecule has 0 unspecified atom stereocenters. The quantitative estimate of drug-likeness (QED) is 0.642. The molecule has 1 aromatic carbocycles. The Morgan fingerprint density at radius 1 is 1.28 bits per heavy atom. The Labute approximate surface area is 156 Å². The van der Waals surface area contributed by atoms with Gasteiger partial charge in [0.1, 0.15) is 12.2 Å². The lowest BCUT2D eigenvalue weighted by molar-refractivity contribution is 0.0498. The Kier molecular flexibility index (Phi) is 4.26. The molecule has 8 nitrogen and oxygen atoms in total. The van der Waals surface area contributed by atoms with Gasteiger partial charge < -0.3 is 4.90 Å². The molecule has 0 radical (unpaired) electrons. The fourth-order valence-corrected chi connectivity index (χ4v) is 3.21. The fourth-order valence-electron chi connectivity index (χ4n) is 2.65. The molecule has 0 spiro atoms. The lowest BCUT2D eigenvalue weighted by Gasteiger charge is -2.39. The molecule has 4 rings (SSSR count). The first-order valence-corrected chi connectivity index (χ1v) is 8.76. The maximum Gasteiger partial charge on any atom is 0.255 e. The van der Waals surface area contributed by atoms with Crippen LogP contribution in [0, 0.1) is 0 Å². The van der Waals surface area contributed by atoms with E-state index in [1.54, 1.807) is 38.9 Å². The van der Waals surface area contributed by atoms with Crippen LogP contribution in [0.25, 0.3) is 0 Å². The summed E-state index contributed by atoms with van der Waals surface area (Å²) in [5, 5.41) is 16.8. The number of rotatable bonds is 4. The molecule has 25 heavy (non-hydrogen) atoms. The van der Waals surface area contributed by atoms with E-state index in [-0.39, 0.29) is 11.9 Å². The molecule has 3 heterocycles. The van der Waals surface area contributed by atoms with Gasteiger partial charge in [0.2, 0.25) is 0 Å². The number of nitrogens with zero attached hydrogens (tertiary/aromatic N) is 7. The topological polar surface area (TPSA) is 81.7 Å². The van der Waals surface area contributed by atoms with Gasteiger partial charge in [0, 0.05) is 17.6 Å². The zero-order chi connectivity index (χ0) is 17.4. The molecule has 0 aliphatic carbocycles. The van der Waals surface area contributed by atoms with E-state index in [0.717, 1.165) is 10.2 Å². The van der Waals surface area contributed by atoms with E-state index in [4.69, 9.17) is 11.6 Å². The van der Waals surface area contributed by atoms with Crippen molar-refractivity contribution in [3.8, 4) is 0 Å². The van der Waals surface area contributed by atoms with Gasteiger partial charge in [-0.15, -0.1) is 5.10 Å². The van der Waals surface area contributed by atoms with E-state index in [1.807, 2.05) is 12.3 Å². The second kappa shape index (κ2) is 6.57. The van der Waals surface area contributed by atoms with Gasteiger partial charge in [-0.3, -0.25) is 4.79 Å². The van der Waals surface area contributed by atoms with Crippen LogP contribution in [0.4, 0.5) is 0 Å². The van der Waals surface area contributed by atoms with Gasteiger partial charge in [-0.05, 0) is 18.2 Å². The molecule has 128 valence electrons. The molecular weight excluding hydrogens is 410 g/mol. The van der Waals surface area contributed by atoms with Crippen molar-refractivity contribution >= 4 is 33.4 Å². The highest BCUT2D eigenvalue weighted by Gasteiger charge is 2.34. The minimum Gasteiger partial charge on any atom is -0.334 e. The minimum absolute atomic E-state index is 0.0800. The molecule has 0 saturated carbocycles. The van der Waals surface area contributed by atoms with Gasteiger partial charge in [-0.1, -0.05) is 32.7 Å². The Bertz CT molecular complexity index is 905. The Morgan fingerprint density at radius 3 is 2.80 bits per heavy atom. The number of amides is 1. The Hall–Kier alpha value is -2.26. The third-order valence-electron chi connectivity index (χ3n) is 4.01. The number of carbonyl (C=O) groups is 1. The van der Waals surface area contributed by atoms with Gasteiger partial charge in [0.15, 0.2) is 0 Å². The summed E-state index contributed by atoms with van der Waals surface area (Å²) in [7, 11) is 0. The third kappa shape index (κ3) is 3.29. The standard InChI is InChI=1S/C15H13BrClN7O/c16-10-1-2-14(17)13(5-10)15(25)22-8-12(9-22)23-6-11(20-21-23)7-24-18-3-4-19-24/h1-6,12H,7-9H2. The van der Waals surface area contributed by atoms with Gasteiger partial charge >= 0.3 is 0 Å². The number of likely N-dealkylation sites (tertiary alicyclic amines) is 1. The predicted molar refractivity (Wildman–Crippen MR) is 93.2 cm³/mol. The molecule has 0 bridgehead atoms. The molecule has 0 atom stereocenters. The second-order valence-electron chi connectivity index (χ2n) is 5.74. The molecule has 10 heteroatoms. The van der Waals surface area contributed by atoms with Crippen LogP contribution in [0.2, 0.25) is 5.02 Å². The van der Waals surface area contributed by atoms with E-state index in [2.05, 4.69) is 36.4 Å². The van der Waals surface area contributed by atoms with E-state index >= 15 is 0 Å². The maximum atomic E-state index is 12.5. The van der Waals surface area contributed by atoms with E-state index < -0.39 is 0 Å². The second-order valence-corrected chi connectivity index (χ2v) is 7.06. The Morgan fingerprint density at radius 2 is 2.04 bits per heavy atom. The Balaban J connectivity index is 1.39. The highest BCUT2D eigenvalue weighted by Crippen LogP contribution is 2.27. The number of aromatic nitrogens is 6. The van der Waals surface area contributed by atoms with Crippen LogP contribution in [0.15, 0.2) is 41.3 Å². The molecule has 1 amide bonds. The third-order valence-corrected chi connectivity index (χ3v) is 4.83. The number of carbonyl (C=O) groups excluding carboxylic acids is 1. The number of hydrogen-bond acceptors (Lipinski definition) is 5. The molecule has 0 N–H and O–H groups in total. The molecule has 2 aromatic heterocycles. The number of benzene rings is 1. The van der Waals surface area contributed by atoms with Crippen molar-refractivity contribution < 1.29 is 4.79 Å². The zero-order valence-corrected chi connectivity index (χ0v) is 15.3. The predicted octanol–water partition coefficient (Wildman–Crippen LogP) is 2.03. The van der Waals surface area contributed by atoms with Gasteiger partial charge in [0.25, 0.3) is 5.91 Å². The van der Waals surface area contributed by atoms with Crippen LogP contribution >= 0.6 is 27.5 Å². The van der Waals surface area contributed by atoms with E-state index in [0.29, 0.717) is 30.2 Å². The summed E-state index contributed by atoms with van der Waals surface area (Å²) in [5.74, 6) is -0.0800. The summed E-state index contributed by atoms with van der Waals surface area (Å²) in [6, 6.07) is 5.37. The highest BCUT2D eigenvalue weighted by molar-refractivity contribution is 9.10. The normalized spacial score (nSPS) is 14.6. The average Bonchev–Trinajstić information content (AvgIpc) is 3.21.